The van der Waals surface area contributed by atoms with Gasteiger partial charge in [-0.1, -0.05) is 19.9 Å². The van der Waals surface area contributed by atoms with Gasteiger partial charge in [-0.3, -0.25) is 14.7 Å². The molecular weight excluding hydrogens is 452 g/mol. The summed E-state index contributed by atoms with van der Waals surface area (Å²) in [7, 11) is 0. The van der Waals surface area contributed by atoms with Crippen LogP contribution in [0.15, 0.2) is 47.5 Å². The van der Waals surface area contributed by atoms with E-state index in [0.29, 0.717) is 17.0 Å². The second-order valence-electron chi connectivity index (χ2n) is 9.63. The molecule has 0 bridgehead atoms. The van der Waals surface area contributed by atoms with Gasteiger partial charge in [0.1, 0.15) is 5.39 Å². The molecule has 0 spiro atoms. The van der Waals surface area contributed by atoms with Gasteiger partial charge in [0.2, 0.25) is 5.95 Å². The summed E-state index contributed by atoms with van der Waals surface area (Å²) in [5, 5.41) is 7.31. The highest BCUT2D eigenvalue weighted by Crippen LogP contribution is 2.35. The summed E-state index contributed by atoms with van der Waals surface area (Å²) in [5.74, 6) is 0.482. The van der Waals surface area contributed by atoms with Crippen molar-refractivity contribution < 1.29 is 0 Å². The summed E-state index contributed by atoms with van der Waals surface area (Å²) in [6.07, 6.45) is 6.48. The van der Waals surface area contributed by atoms with E-state index in [1.165, 1.54) is 11.1 Å². The maximum atomic E-state index is 13.4. The highest BCUT2D eigenvalue weighted by molar-refractivity contribution is 5.77. The molecule has 0 radical (unpaired) electrons. The molecule has 2 aliphatic rings. The van der Waals surface area contributed by atoms with Crippen molar-refractivity contribution in [3.8, 4) is 5.69 Å². The number of rotatable bonds is 8. The van der Waals surface area contributed by atoms with Gasteiger partial charge in [-0.25, -0.2) is 14.3 Å². The summed E-state index contributed by atoms with van der Waals surface area (Å²) in [6, 6.07) is 10.6. The van der Waals surface area contributed by atoms with Crippen LogP contribution in [-0.4, -0.2) is 48.8 Å². The Morgan fingerprint density at radius 1 is 1.11 bits per heavy atom. The van der Waals surface area contributed by atoms with Gasteiger partial charge in [0.15, 0.2) is 5.65 Å². The number of hydrogen-bond acceptors (Lipinski definition) is 7. The third-order valence-corrected chi connectivity index (χ3v) is 7.19. The van der Waals surface area contributed by atoms with Gasteiger partial charge in [-0.05, 0) is 74.3 Å². The predicted molar refractivity (Wildman–Crippen MR) is 141 cm³/mol. The van der Waals surface area contributed by atoms with Gasteiger partial charge >= 0.3 is 0 Å². The summed E-state index contributed by atoms with van der Waals surface area (Å²) >= 11 is 0. The quantitative estimate of drug-likeness (QED) is 0.395. The third-order valence-electron chi connectivity index (χ3n) is 7.19. The van der Waals surface area contributed by atoms with E-state index < -0.39 is 0 Å². The van der Waals surface area contributed by atoms with E-state index in [9.17, 15) is 4.79 Å². The Morgan fingerprint density at radius 3 is 2.78 bits per heavy atom. The van der Waals surface area contributed by atoms with E-state index in [2.05, 4.69) is 63.6 Å². The Bertz CT molecular complexity index is 1460. The van der Waals surface area contributed by atoms with E-state index in [0.717, 1.165) is 69.1 Å². The number of nitrogens with zero attached hydrogens (tertiary/aromatic N) is 6. The number of nitrogens with one attached hydrogen (secondary N) is 2. The molecule has 1 aromatic carbocycles. The van der Waals surface area contributed by atoms with Crippen LogP contribution in [0.1, 0.15) is 49.6 Å². The average Bonchev–Trinajstić information content (AvgIpc) is 3.71. The monoisotopic (exact) mass is 484 g/mol. The average molecular weight is 485 g/mol. The van der Waals surface area contributed by atoms with Gasteiger partial charge in [0, 0.05) is 31.2 Å². The predicted octanol–water partition coefficient (Wildman–Crippen LogP) is 3.54. The van der Waals surface area contributed by atoms with E-state index in [1.807, 2.05) is 21.6 Å². The van der Waals surface area contributed by atoms with Crippen LogP contribution in [0.25, 0.3) is 16.7 Å². The molecule has 1 fully saturated rings. The summed E-state index contributed by atoms with van der Waals surface area (Å²) in [4.78, 5) is 29.7. The van der Waals surface area contributed by atoms with Gasteiger partial charge < -0.3 is 10.6 Å². The van der Waals surface area contributed by atoms with Gasteiger partial charge in [-0.2, -0.15) is 4.98 Å². The molecule has 0 amide bonds. The van der Waals surface area contributed by atoms with Crippen LogP contribution in [0.2, 0.25) is 0 Å². The Balaban J connectivity index is 1.41. The zero-order valence-corrected chi connectivity index (χ0v) is 20.9. The molecule has 2 N–H and O–H groups in total. The molecule has 0 atom stereocenters. The van der Waals surface area contributed by atoms with Crippen LogP contribution < -0.4 is 16.2 Å². The molecule has 1 saturated carbocycles. The number of fused-ring (bicyclic) bond motifs is 2. The lowest BCUT2D eigenvalue weighted by molar-refractivity contribution is 0.292. The maximum absolute atomic E-state index is 13.4. The van der Waals surface area contributed by atoms with Crippen LogP contribution >= 0.6 is 0 Å². The van der Waals surface area contributed by atoms with Crippen molar-refractivity contribution >= 4 is 22.7 Å². The molecule has 9 heteroatoms. The molecule has 4 aromatic rings. The lowest BCUT2D eigenvalue weighted by atomic mass is 10.0. The van der Waals surface area contributed by atoms with Crippen molar-refractivity contribution in [3.63, 3.8) is 0 Å². The first-order valence-electron chi connectivity index (χ1n) is 12.9. The van der Waals surface area contributed by atoms with Crippen molar-refractivity contribution in [2.75, 3.05) is 25.0 Å². The lowest BCUT2D eigenvalue weighted by Crippen LogP contribution is -2.23. The Morgan fingerprint density at radius 2 is 1.97 bits per heavy atom. The Kier molecular flexibility index (Phi) is 6.02. The van der Waals surface area contributed by atoms with Crippen LogP contribution in [0, 0.1) is 0 Å². The Labute approximate surface area is 210 Å². The van der Waals surface area contributed by atoms with Gasteiger partial charge in [0.25, 0.3) is 5.56 Å². The minimum absolute atomic E-state index is 0.0394. The molecule has 1 aliphatic heterocycles. The first-order chi connectivity index (χ1) is 17.6. The van der Waals surface area contributed by atoms with Crippen LogP contribution in [0.3, 0.4) is 0 Å². The molecule has 9 nitrogen and oxygen atoms in total. The SMILES string of the molecule is CCN(CC)Cc1cc(-n2c3nc(Nc4ccc5c(c4)CCNC5)ncc3c(=O)n2C2CC2)ccn1. The summed E-state index contributed by atoms with van der Waals surface area (Å²) in [5.41, 5.74) is 6.08. The fourth-order valence-electron chi connectivity index (χ4n) is 5.00. The number of hydrogen-bond donors (Lipinski definition) is 2. The molecular formula is C27H32N8O. The van der Waals surface area contributed by atoms with Gasteiger partial charge in [0.05, 0.1) is 17.4 Å². The third kappa shape index (κ3) is 4.29. The van der Waals surface area contributed by atoms with Crippen molar-refractivity contribution in [2.45, 2.75) is 52.2 Å². The number of benzene rings is 1. The topological polar surface area (TPSA) is 92.9 Å². The number of pyridine rings is 1. The minimum Gasteiger partial charge on any atom is -0.324 e. The second-order valence-corrected chi connectivity index (χ2v) is 9.63. The molecule has 4 heterocycles. The minimum atomic E-state index is -0.0394. The largest absolute Gasteiger partial charge is 0.324 e. The highest BCUT2D eigenvalue weighted by atomic mass is 16.1. The fraction of sp³-hybridized carbons (Fsp3) is 0.407. The fourth-order valence-corrected chi connectivity index (χ4v) is 5.00. The van der Waals surface area contributed by atoms with Crippen LogP contribution in [0.5, 0.6) is 0 Å². The molecule has 0 unspecified atom stereocenters. The van der Waals surface area contributed by atoms with Crippen molar-refractivity contribution in [2.24, 2.45) is 0 Å². The van der Waals surface area contributed by atoms with Crippen LogP contribution in [-0.2, 0) is 19.5 Å². The normalized spacial score (nSPS) is 15.4. The molecule has 3 aromatic heterocycles. The molecule has 1 aliphatic carbocycles. The van der Waals surface area contributed by atoms with Crippen molar-refractivity contribution in [1.82, 2.24) is 34.5 Å². The molecule has 36 heavy (non-hydrogen) atoms. The first-order valence-corrected chi connectivity index (χ1v) is 12.9. The van der Waals surface area contributed by atoms with E-state index in [-0.39, 0.29) is 11.6 Å². The highest BCUT2D eigenvalue weighted by Gasteiger charge is 2.31. The van der Waals surface area contributed by atoms with E-state index >= 15 is 0 Å². The second kappa shape index (κ2) is 9.48. The number of aromatic nitrogens is 5. The lowest BCUT2D eigenvalue weighted by Gasteiger charge is -2.18. The van der Waals surface area contributed by atoms with Crippen molar-refractivity contribution in [3.05, 3.63) is 69.9 Å². The molecule has 6 rings (SSSR count). The van der Waals surface area contributed by atoms with E-state index in [1.54, 1.807) is 6.20 Å². The molecule has 0 saturated heterocycles. The zero-order chi connectivity index (χ0) is 24.6. The standard InChI is InChI=1S/C27H32N8O/c1-3-33(4-2)17-21-14-23(10-12-29-21)34-25-24(26(36)35(34)22-7-8-22)16-30-27(32-25)31-20-6-5-19-15-28-11-9-18(19)13-20/h5-6,10,12-14,16,22,28H,3-4,7-9,11,15,17H2,1-2H3,(H,30,31,32). The van der Waals surface area contributed by atoms with Crippen molar-refractivity contribution in [1.29, 1.82) is 0 Å². The van der Waals surface area contributed by atoms with E-state index in [4.69, 9.17) is 4.98 Å². The summed E-state index contributed by atoms with van der Waals surface area (Å²) < 4.78 is 3.82. The Hall–Kier alpha value is -3.56. The molecule has 186 valence electrons. The smallest absolute Gasteiger partial charge is 0.278 e. The summed E-state index contributed by atoms with van der Waals surface area (Å²) in [6.45, 7) is 8.89. The van der Waals surface area contributed by atoms with Crippen LogP contribution in [0.4, 0.5) is 11.6 Å². The van der Waals surface area contributed by atoms with Gasteiger partial charge in [-0.15, -0.1) is 0 Å². The maximum Gasteiger partial charge on any atom is 0.278 e. The number of anilines is 2. The zero-order valence-electron chi connectivity index (χ0n) is 20.9. The first kappa shape index (κ1) is 22.9.